The molecule has 0 aliphatic rings. The van der Waals surface area contributed by atoms with Gasteiger partial charge in [0, 0.05) is 0 Å². The molecule has 0 aliphatic heterocycles. The van der Waals surface area contributed by atoms with Gasteiger partial charge in [-0.3, -0.25) is 4.72 Å². The quantitative estimate of drug-likeness (QED) is 0.835. The van der Waals surface area contributed by atoms with Crippen molar-refractivity contribution in [3.63, 3.8) is 0 Å². The first kappa shape index (κ1) is 12.9. The summed E-state index contributed by atoms with van der Waals surface area (Å²) >= 11 is 0. The van der Waals surface area contributed by atoms with Gasteiger partial charge in [0.2, 0.25) is 0 Å². The minimum atomic E-state index is -3.70. The van der Waals surface area contributed by atoms with Crippen LogP contribution < -0.4 is 10.5 Å². The summed E-state index contributed by atoms with van der Waals surface area (Å²) in [6.45, 7) is 0. The molecule has 0 spiro atoms. The molecule has 0 atom stereocenters. The summed E-state index contributed by atoms with van der Waals surface area (Å²) in [7, 11) is -3.70. The second kappa shape index (κ2) is 5.00. The third kappa shape index (κ3) is 2.84. The smallest absolute Gasteiger partial charge is 0.261 e. The van der Waals surface area contributed by atoms with E-state index in [2.05, 4.69) is 4.72 Å². The van der Waals surface area contributed by atoms with Gasteiger partial charge in [-0.25, -0.2) is 8.42 Å². The number of anilines is 2. The maximum atomic E-state index is 12.1. The van der Waals surface area contributed by atoms with E-state index in [1.807, 2.05) is 6.07 Å². The Morgan fingerprint density at radius 3 is 2.26 bits per heavy atom. The van der Waals surface area contributed by atoms with Crippen LogP contribution in [0.1, 0.15) is 5.56 Å². The predicted molar refractivity (Wildman–Crippen MR) is 72.8 cm³/mol. The molecule has 2 aromatic rings. The number of benzene rings is 2. The van der Waals surface area contributed by atoms with E-state index in [4.69, 9.17) is 11.0 Å². The lowest BCUT2D eigenvalue weighted by Gasteiger charge is -2.09. The maximum Gasteiger partial charge on any atom is 0.261 e. The van der Waals surface area contributed by atoms with E-state index >= 15 is 0 Å². The van der Waals surface area contributed by atoms with Gasteiger partial charge >= 0.3 is 0 Å². The summed E-state index contributed by atoms with van der Waals surface area (Å²) in [4.78, 5) is 0.0785. The van der Waals surface area contributed by atoms with E-state index in [1.54, 1.807) is 24.3 Å². The average Bonchev–Trinajstić information content (AvgIpc) is 2.41. The Morgan fingerprint density at radius 1 is 1.05 bits per heavy atom. The monoisotopic (exact) mass is 273 g/mol. The van der Waals surface area contributed by atoms with Crippen molar-refractivity contribution in [2.45, 2.75) is 4.90 Å². The first-order valence-electron chi connectivity index (χ1n) is 5.40. The minimum Gasteiger partial charge on any atom is -0.397 e. The van der Waals surface area contributed by atoms with Crippen LogP contribution in [0.4, 0.5) is 11.4 Å². The minimum absolute atomic E-state index is 0.0785. The lowest BCUT2D eigenvalue weighted by Crippen LogP contribution is -2.14. The van der Waals surface area contributed by atoms with Crippen LogP contribution in [0.2, 0.25) is 0 Å². The molecule has 19 heavy (non-hydrogen) atoms. The molecule has 0 aromatic heterocycles. The number of hydrogen-bond donors (Lipinski definition) is 2. The summed E-state index contributed by atoms with van der Waals surface area (Å²) < 4.78 is 26.6. The fraction of sp³-hybridized carbons (Fsp3) is 0. The number of rotatable bonds is 3. The van der Waals surface area contributed by atoms with Gasteiger partial charge in [0.25, 0.3) is 10.0 Å². The zero-order valence-electron chi connectivity index (χ0n) is 9.87. The molecule has 2 aromatic carbocycles. The van der Waals surface area contributed by atoms with E-state index in [0.29, 0.717) is 16.9 Å². The number of nitrogens with zero attached hydrogens (tertiary/aromatic N) is 1. The molecular weight excluding hydrogens is 262 g/mol. The number of sulfonamides is 1. The molecule has 3 N–H and O–H groups in total. The van der Waals surface area contributed by atoms with Crippen molar-refractivity contribution in [3.05, 3.63) is 54.1 Å². The molecule has 0 radical (unpaired) electrons. The van der Waals surface area contributed by atoms with Crippen LogP contribution in [0.5, 0.6) is 0 Å². The third-order valence-corrected chi connectivity index (χ3v) is 3.88. The first-order valence-corrected chi connectivity index (χ1v) is 6.89. The van der Waals surface area contributed by atoms with E-state index in [1.165, 1.54) is 24.3 Å². The van der Waals surface area contributed by atoms with Crippen molar-refractivity contribution >= 4 is 21.4 Å². The van der Waals surface area contributed by atoms with Crippen LogP contribution in [0.15, 0.2) is 53.4 Å². The fourth-order valence-corrected chi connectivity index (χ4v) is 2.59. The van der Waals surface area contributed by atoms with Crippen LogP contribution in [0.25, 0.3) is 0 Å². The van der Waals surface area contributed by atoms with Gasteiger partial charge in [-0.05, 0) is 36.4 Å². The molecule has 2 rings (SSSR count). The molecular formula is C13H11N3O2S. The van der Waals surface area contributed by atoms with E-state index in [9.17, 15) is 8.42 Å². The number of hydrogen-bond acceptors (Lipinski definition) is 4. The molecule has 0 aliphatic carbocycles. The Bertz CT molecular complexity index is 731. The van der Waals surface area contributed by atoms with Crippen molar-refractivity contribution in [1.82, 2.24) is 0 Å². The van der Waals surface area contributed by atoms with Crippen LogP contribution in [0.3, 0.4) is 0 Å². The van der Waals surface area contributed by atoms with Crippen LogP contribution in [-0.4, -0.2) is 8.42 Å². The predicted octanol–water partition coefficient (Wildman–Crippen LogP) is 1.94. The molecule has 0 bridgehead atoms. The van der Waals surface area contributed by atoms with E-state index < -0.39 is 10.0 Å². The summed E-state index contributed by atoms with van der Waals surface area (Å²) in [5, 5.41) is 8.67. The average molecular weight is 273 g/mol. The molecule has 96 valence electrons. The van der Waals surface area contributed by atoms with Gasteiger partial charge in [0.1, 0.15) is 0 Å². The molecule has 0 saturated carbocycles. The Labute approximate surface area is 111 Å². The zero-order chi connectivity index (χ0) is 13.9. The fourth-order valence-electron chi connectivity index (χ4n) is 1.50. The van der Waals surface area contributed by atoms with E-state index in [0.717, 1.165) is 0 Å². The molecule has 5 nitrogen and oxygen atoms in total. The third-order valence-electron chi connectivity index (χ3n) is 2.50. The standard InChI is InChI=1S/C13H11N3O2S/c14-9-10-5-7-11(8-6-10)19(17,18)16-13-4-2-1-3-12(13)15/h1-8,16H,15H2. The number of para-hydroxylation sites is 2. The highest BCUT2D eigenvalue weighted by Crippen LogP contribution is 2.21. The SMILES string of the molecule is N#Cc1ccc(S(=O)(=O)Nc2ccccc2N)cc1. The molecule has 0 saturated heterocycles. The van der Waals surface area contributed by atoms with Gasteiger partial charge < -0.3 is 5.73 Å². The Hall–Kier alpha value is -2.52. The number of nitrogens with one attached hydrogen (secondary N) is 1. The Morgan fingerprint density at radius 2 is 1.68 bits per heavy atom. The van der Waals surface area contributed by atoms with Crippen molar-refractivity contribution in [3.8, 4) is 6.07 Å². The summed E-state index contributed by atoms with van der Waals surface area (Å²) in [5.41, 5.74) is 6.76. The van der Waals surface area contributed by atoms with Crippen molar-refractivity contribution in [2.24, 2.45) is 0 Å². The second-order valence-electron chi connectivity index (χ2n) is 3.83. The summed E-state index contributed by atoms with van der Waals surface area (Å²) in [6, 6.07) is 14.2. The molecule has 0 amide bonds. The molecule has 0 fully saturated rings. The zero-order valence-corrected chi connectivity index (χ0v) is 10.7. The number of nitrogens with two attached hydrogens (primary N) is 1. The largest absolute Gasteiger partial charge is 0.397 e. The topological polar surface area (TPSA) is 96.0 Å². The molecule has 0 unspecified atom stereocenters. The maximum absolute atomic E-state index is 12.1. The Kier molecular flexibility index (Phi) is 3.40. The van der Waals surface area contributed by atoms with E-state index in [-0.39, 0.29) is 4.90 Å². The van der Waals surface area contributed by atoms with Gasteiger partial charge in [-0.15, -0.1) is 0 Å². The molecule has 0 heterocycles. The highest BCUT2D eigenvalue weighted by atomic mass is 32.2. The van der Waals surface area contributed by atoms with Crippen molar-refractivity contribution in [2.75, 3.05) is 10.5 Å². The van der Waals surface area contributed by atoms with Crippen molar-refractivity contribution in [1.29, 1.82) is 5.26 Å². The highest BCUT2D eigenvalue weighted by Gasteiger charge is 2.14. The van der Waals surface area contributed by atoms with Crippen molar-refractivity contribution < 1.29 is 8.42 Å². The Balaban J connectivity index is 2.33. The van der Waals surface area contributed by atoms with Gasteiger partial charge in [-0.1, -0.05) is 12.1 Å². The second-order valence-corrected chi connectivity index (χ2v) is 5.51. The lowest BCUT2D eigenvalue weighted by molar-refractivity contribution is 0.601. The van der Waals surface area contributed by atoms with Crippen LogP contribution in [-0.2, 0) is 10.0 Å². The number of nitriles is 1. The van der Waals surface area contributed by atoms with Gasteiger partial charge in [-0.2, -0.15) is 5.26 Å². The normalized spacial score (nSPS) is 10.7. The van der Waals surface area contributed by atoms with Crippen LogP contribution in [0, 0.1) is 11.3 Å². The lowest BCUT2D eigenvalue weighted by atomic mass is 10.2. The van der Waals surface area contributed by atoms with Crippen LogP contribution >= 0.6 is 0 Å². The van der Waals surface area contributed by atoms with Gasteiger partial charge in [0.15, 0.2) is 0 Å². The summed E-state index contributed by atoms with van der Waals surface area (Å²) in [5.74, 6) is 0. The first-order chi connectivity index (χ1) is 9.03. The number of nitrogen functional groups attached to an aromatic ring is 1. The highest BCUT2D eigenvalue weighted by molar-refractivity contribution is 7.92. The summed E-state index contributed by atoms with van der Waals surface area (Å²) in [6.07, 6.45) is 0. The van der Waals surface area contributed by atoms with Gasteiger partial charge in [0.05, 0.1) is 27.9 Å². The molecule has 6 heteroatoms.